The molecule has 2 aliphatic heterocycles. The fraction of sp³-hybridized carbons (Fsp3) is 0.393. The Morgan fingerprint density at radius 2 is 1.69 bits per heavy atom. The molecule has 0 unspecified atom stereocenters. The minimum Gasteiger partial charge on any atom is -0.443 e. The number of aliphatic imine (C=N–C) groups is 1. The van der Waals surface area contributed by atoms with E-state index < -0.39 is 36.1 Å². The van der Waals surface area contributed by atoms with E-state index in [1.54, 1.807) is 24.3 Å². The summed E-state index contributed by atoms with van der Waals surface area (Å²) in [6, 6.07) is 16.6. The van der Waals surface area contributed by atoms with Gasteiger partial charge in [0.1, 0.15) is 18.7 Å². The van der Waals surface area contributed by atoms with Crippen molar-refractivity contribution in [1.82, 2.24) is 15.1 Å². The number of amides is 4. The highest BCUT2D eigenvalue weighted by atomic mass is 16.5. The number of methoxy groups -OCH3 is 1. The average molecular weight is 536 g/mol. The van der Waals surface area contributed by atoms with Crippen LogP contribution in [0.3, 0.4) is 0 Å². The number of piperidine rings is 1. The van der Waals surface area contributed by atoms with E-state index in [9.17, 15) is 19.2 Å². The lowest BCUT2D eigenvalue weighted by molar-refractivity contribution is -0.147. The summed E-state index contributed by atoms with van der Waals surface area (Å²) in [5.74, 6) is -1.48. The summed E-state index contributed by atoms with van der Waals surface area (Å²) >= 11 is 0. The molecule has 0 saturated carbocycles. The number of guanidine groups is 1. The van der Waals surface area contributed by atoms with Gasteiger partial charge < -0.3 is 25.4 Å². The molecule has 2 heterocycles. The van der Waals surface area contributed by atoms with Gasteiger partial charge in [0.15, 0.2) is 6.10 Å². The molecule has 3 atom stereocenters. The zero-order valence-corrected chi connectivity index (χ0v) is 21.8. The summed E-state index contributed by atoms with van der Waals surface area (Å²) in [5.41, 5.74) is 7.45. The monoisotopic (exact) mass is 535 g/mol. The molecule has 2 aromatic carbocycles. The first-order chi connectivity index (χ1) is 18.9. The van der Waals surface area contributed by atoms with E-state index in [1.807, 2.05) is 36.4 Å². The van der Waals surface area contributed by atoms with Crippen molar-refractivity contribution in [3.8, 4) is 0 Å². The van der Waals surface area contributed by atoms with Gasteiger partial charge in [-0.2, -0.15) is 0 Å². The number of likely N-dealkylation sites (tertiary alicyclic amines) is 2. The highest BCUT2D eigenvalue weighted by Gasteiger charge is 2.40. The number of carbonyl (C=O) groups excluding carboxylic acids is 4. The number of nitrogens with two attached hydrogens (primary N) is 1. The van der Waals surface area contributed by atoms with Gasteiger partial charge in [0.25, 0.3) is 11.8 Å². The summed E-state index contributed by atoms with van der Waals surface area (Å²) < 4.78 is 10.6. The normalized spacial score (nSPS) is 20.4. The third-order valence-electron chi connectivity index (χ3n) is 6.84. The quantitative estimate of drug-likeness (QED) is 0.408. The topological polar surface area (TPSA) is 144 Å². The maximum Gasteiger partial charge on any atom is 0.437 e. The van der Waals surface area contributed by atoms with Crippen molar-refractivity contribution >= 4 is 29.8 Å². The second-order valence-electron chi connectivity index (χ2n) is 9.42. The zero-order chi connectivity index (χ0) is 27.8. The Hall–Kier alpha value is -4.25. The van der Waals surface area contributed by atoms with Gasteiger partial charge in [-0.15, -0.1) is 4.99 Å². The highest BCUT2D eigenvalue weighted by Crippen LogP contribution is 2.26. The molecule has 39 heavy (non-hydrogen) atoms. The molecule has 11 heteroatoms. The van der Waals surface area contributed by atoms with Crippen molar-refractivity contribution in [3.63, 3.8) is 0 Å². The SMILES string of the molecule is CO[C@@H](C(=O)N1CCC[C@H]1C(=O)N[C@H]1CCCN(/C(N)=N/C(=O)OCc2ccccc2)C1=O)c1ccccc1. The maximum atomic E-state index is 13.3. The molecule has 206 valence electrons. The van der Waals surface area contributed by atoms with Crippen LogP contribution in [-0.4, -0.2) is 71.9 Å². The van der Waals surface area contributed by atoms with Crippen molar-refractivity contribution < 1.29 is 28.7 Å². The third-order valence-corrected chi connectivity index (χ3v) is 6.84. The van der Waals surface area contributed by atoms with Crippen molar-refractivity contribution in [1.29, 1.82) is 0 Å². The van der Waals surface area contributed by atoms with E-state index in [1.165, 1.54) is 16.9 Å². The largest absolute Gasteiger partial charge is 0.443 e. The Bertz CT molecular complexity index is 1210. The predicted octanol–water partition coefficient (Wildman–Crippen LogP) is 2.12. The molecule has 3 N–H and O–H groups in total. The number of hydrogen-bond acceptors (Lipinski definition) is 6. The fourth-order valence-corrected chi connectivity index (χ4v) is 4.87. The van der Waals surface area contributed by atoms with Crippen molar-refractivity contribution in [2.75, 3.05) is 20.2 Å². The van der Waals surface area contributed by atoms with Crippen LogP contribution in [0.5, 0.6) is 0 Å². The third kappa shape index (κ3) is 6.80. The summed E-state index contributed by atoms with van der Waals surface area (Å²) in [6.45, 7) is 0.695. The number of ether oxygens (including phenoxy) is 2. The average Bonchev–Trinajstić information content (AvgIpc) is 3.45. The standard InChI is InChI=1S/C28H33N5O6/c1-38-23(20-12-6-3-7-13-20)26(36)32-16-9-15-22(32)24(34)30-21-14-8-17-33(25(21)35)27(29)31-28(37)39-18-19-10-4-2-5-11-19/h2-7,10-13,21-23H,8-9,14-18H2,1H3,(H,30,34)(H2,29,31,37)/t21-,22-,23+/m0/s1. The van der Waals surface area contributed by atoms with Crippen LogP contribution < -0.4 is 11.1 Å². The van der Waals surface area contributed by atoms with Gasteiger partial charge in [-0.1, -0.05) is 60.7 Å². The van der Waals surface area contributed by atoms with E-state index in [-0.39, 0.29) is 25.0 Å². The molecule has 2 saturated heterocycles. The van der Waals surface area contributed by atoms with E-state index in [4.69, 9.17) is 15.2 Å². The van der Waals surface area contributed by atoms with Crippen LogP contribution in [0.1, 0.15) is 42.9 Å². The Kier molecular flexibility index (Phi) is 9.27. The molecule has 2 aliphatic rings. The number of rotatable bonds is 7. The molecule has 4 amide bonds. The predicted molar refractivity (Wildman–Crippen MR) is 142 cm³/mol. The maximum absolute atomic E-state index is 13.3. The molecule has 0 spiro atoms. The fourth-order valence-electron chi connectivity index (χ4n) is 4.87. The Labute approximate surface area is 226 Å². The highest BCUT2D eigenvalue weighted by molar-refractivity contribution is 6.03. The van der Waals surface area contributed by atoms with Gasteiger partial charge in [0.05, 0.1) is 0 Å². The van der Waals surface area contributed by atoms with E-state index >= 15 is 0 Å². The van der Waals surface area contributed by atoms with Gasteiger partial charge in [-0.05, 0) is 36.8 Å². The van der Waals surface area contributed by atoms with Crippen molar-refractivity contribution in [2.45, 2.75) is 50.5 Å². The summed E-state index contributed by atoms with van der Waals surface area (Å²) in [7, 11) is 1.46. The van der Waals surface area contributed by atoms with Crippen molar-refractivity contribution in [2.24, 2.45) is 10.7 Å². The molecule has 0 aromatic heterocycles. The lowest BCUT2D eigenvalue weighted by atomic mass is 10.0. The number of hydrogen-bond donors (Lipinski definition) is 2. The molecule has 0 bridgehead atoms. The van der Waals surface area contributed by atoms with E-state index in [0.717, 1.165) is 5.56 Å². The Balaban J connectivity index is 1.36. The minimum absolute atomic E-state index is 0.0217. The zero-order valence-electron chi connectivity index (χ0n) is 21.8. The molecule has 4 rings (SSSR count). The second-order valence-corrected chi connectivity index (χ2v) is 9.42. The van der Waals surface area contributed by atoms with E-state index in [0.29, 0.717) is 37.8 Å². The Morgan fingerprint density at radius 1 is 1.03 bits per heavy atom. The van der Waals surface area contributed by atoms with Crippen LogP contribution >= 0.6 is 0 Å². The molecule has 0 radical (unpaired) electrons. The molecule has 0 aliphatic carbocycles. The van der Waals surface area contributed by atoms with Gasteiger partial charge in [-0.3, -0.25) is 19.3 Å². The molecule has 11 nitrogen and oxygen atoms in total. The minimum atomic E-state index is -0.915. The smallest absolute Gasteiger partial charge is 0.437 e. The second kappa shape index (κ2) is 13.0. The molecular formula is C28H33N5O6. The lowest BCUT2D eigenvalue weighted by Gasteiger charge is -2.33. The van der Waals surface area contributed by atoms with Crippen LogP contribution in [0.25, 0.3) is 0 Å². The lowest BCUT2D eigenvalue weighted by Crippen LogP contribution is -2.58. The van der Waals surface area contributed by atoms with Crippen LogP contribution in [0.2, 0.25) is 0 Å². The van der Waals surface area contributed by atoms with Crippen LogP contribution in [0.4, 0.5) is 4.79 Å². The Morgan fingerprint density at radius 3 is 2.38 bits per heavy atom. The summed E-state index contributed by atoms with van der Waals surface area (Å²) in [5, 5.41) is 2.79. The molecule has 2 fully saturated rings. The molecular weight excluding hydrogens is 502 g/mol. The summed E-state index contributed by atoms with van der Waals surface area (Å²) in [6.07, 6.45) is 0.331. The first kappa shape index (κ1) is 27.8. The number of nitrogens with one attached hydrogen (secondary N) is 1. The summed E-state index contributed by atoms with van der Waals surface area (Å²) in [4.78, 5) is 58.2. The van der Waals surface area contributed by atoms with Gasteiger partial charge in [0.2, 0.25) is 11.9 Å². The van der Waals surface area contributed by atoms with Crippen LogP contribution in [-0.2, 0) is 30.5 Å². The van der Waals surface area contributed by atoms with Gasteiger partial charge in [0, 0.05) is 20.2 Å². The number of nitrogens with zero attached hydrogens (tertiary/aromatic N) is 3. The molecule has 2 aromatic rings. The van der Waals surface area contributed by atoms with Crippen molar-refractivity contribution in [3.05, 3.63) is 71.8 Å². The van der Waals surface area contributed by atoms with Gasteiger partial charge in [-0.25, -0.2) is 4.79 Å². The first-order valence-corrected chi connectivity index (χ1v) is 12.9. The number of benzene rings is 2. The van der Waals surface area contributed by atoms with E-state index in [2.05, 4.69) is 10.3 Å². The van der Waals surface area contributed by atoms with Crippen LogP contribution in [0, 0.1) is 0 Å². The first-order valence-electron chi connectivity index (χ1n) is 12.9. The van der Waals surface area contributed by atoms with Crippen LogP contribution in [0.15, 0.2) is 65.7 Å². The number of carbonyl (C=O) groups is 4. The van der Waals surface area contributed by atoms with Gasteiger partial charge >= 0.3 is 6.09 Å².